The van der Waals surface area contributed by atoms with Crippen molar-refractivity contribution in [2.45, 2.75) is 24.7 Å². The van der Waals surface area contributed by atoms with Gasteiger partial charge in [0.25, 0.3) is 0 Å². The minimum atomic E-state index is -4.34. The number of nitrogens with one attached hydrogen (secondary N) is 1. The summed E-state index contributed by atoms with van der Waals surface area (Å²) in [5.41, 5.74) is -0.409. The van der Waals surface area contributed by atoms with Crippen molar-refractivity contribution in [2.75, 3.05) is 6.54 Å². The number of β-amino-alcohol motifs (C(OH)–C–C–N with tert-alkyl or cyclic N) is 1. The molecule has 1 aromatic carbocycles. The van der Waals surface area contributed by atoms with Gasteiger partial charge in [0, 0.05) is 12.6 Å². The molecule has 1 aliphatic rings. The molecule has 1 fully saturated rings. The van der Waals surface area contributed by atoms with Crippen LogP contribution in [0.1, 0.15) is 23.6 Å². The maximum absolute atomic E-state index is 12.7. The number of alkyl halides is 3. The maximum Gasteiger partial charge on any atom is 0.416 e. The van der Waals surface area contributed by atoms with Crippen molar-refractivity contribution in [1.82, 2.24) is 5.32 Å². The molecule has 2 rings (SSSR count). The van der Waals surface area contributed by atoms with Crippen LogP contribution in [0.25, 0.3) is 0 Å². The van der Waals surface area contributed by atoms with E-state index in [1.165, 1.54) is 12.1 Å². The monoisotopic (exact) mass is 231 g/mol. The van der Waals surface area contributed by atoms with E-state index in [-0.39, 0.29) is 5.56 Å². The minimum absolute atomic E-state index is 0.214. The summed E-state index contributed by atoms with van der Waals surface area (Å²) >= 11 is 0. The van der Waals surface area contributed by atoms with Crippen LogP contribution in [0.15, 0.2) is 24.3 Å². The van der Waals surface area contributed by atoms with Crippen molar-refractivity contribution in [3.05, 3.63) is 35.4 Å². The number of aliphatic hydroxyl groups is 1. The van der Waals surface area contributed by atoms with Crippen LogP contribution >= 0.6 is 0 Å². The highest BCUT2D eigenvalue weighted by Crippen LogP contribution is 2.36. The third-order valence-electron chi connectivity index (χ3n) is 2.75. The summed E-state index contributed by atoms with van der Waals surface area (Å²) in [5, 5.41) is 12.2. The molecule has 1 aromatic rings. The van der Waals surface area contributed by atoms with Gasteiger partial charge in [-0.15, -0.1) is 0 Å². The lowest BCUT2D eigenvalue weighted by atomic mass is 9.98. The van der Waals surface area contributed by atoms with Crippen molar-refractivity contribution in [1.29, 1.82) is 0 Å². The highest BCUT2D eigenvalue weighted by Gasteiger charge is 2.36. The molecular weight excluding hydrogens is 219 g/mol. The molecule has 1 aliphatic heterocycles. The first kappa shape index (κ1) is 11.4. The molecule has 0 amide bonds. The van der Waals surface area contributed by atoms with Crippen molar-refractivity contribution in [3.8, 4) is 0 Å². The Morgan fingerprint density at radius 1 is 1.25 bits per heavy atom. The molecule has 0 spiro atoms. The lowest BCUT2D eigenvalue weighted by molar-refractivity contribution is -0.138. The molecule has 0 radical (unpaired) electrons. The molecule has 2 atom stereocenters. The van der Waals surface area contributed by atoms with E-state index in [2.05, 4.69) is 5.32 Å². The Morgan fingerprint density at radius 3 is 2.50 bits per heavy atom. The van der Waals surface area contributed by atoms with E-state index in [4.69, 9.17) is 0 Å². The zero-order chi connectivity index (χ0) is 11.8. The Morgan fingerprint density at radius 2 is 1.94 bits per heavy atom. The number of hydrogen-bond acceptors (Lipinski definition) is 2. The van der Waals surface area contributed by atoms with E-state index in [0.29, 0.717) is 13.0 Å². The van der Waals surface area contributed by atoms with Gasteiger partial charge < -0.3 is 10.4 Å². The Kier molecular flexibility index (Phi) is 2.90. The molecule has 0 aromatic heterocycles. The lowest BCUT2D eigenvalue weighted by Crippen LogP contribution is -2.18. The average molecular weight is 231 g/mol. The molecule has 0 unspecified atom stereocenters. The van der Waals surface area contributed by atoms with Crippen LogP contribution in [0.2, 0.25) is 0 Å². The van der Waals surface area contributed by atoms with Crippen LogP contribution in [-0.4, -0.2) is 17.8 Å². The molecule has 5 heteroatoms. The van der Waals surface area contributed by atoms with Crippen LogP contribution < -0.4 is 5.32 Å². The molecule has 0 aliphatic carbocycles. The fourth-order valence-corrected chi connectivity index (χ4v) is 2.01. The normalized spacial score (nSPS) is 26.0. The largest absolute Gasteiger partial charge is 0.416 e. The van der Waals surface area contributed by atoms with Crippen LogP contribution in [0.5, 0.6) is 0 Å². The predicted molar refractivity (Wildman–Crippen MR) is 52.8 cm³/mol. The highest BCUT2D eigenvalue weighted by molar-refractivity contribution is 5.33. The van der Waals surface area contributed by atoms with Gasteiger partial charge >= 0.3 is 6.18 Å². The second-order valence-corrected chi connectivity index (χ2v) is 3.94. The summed E-state index contributed by atoms with van der Waals surface area (Å²) in [4.78, 5) is 0. The molecule has 0 saturated carbocycles. The van der Waals surface area contributed by atoms with Gasteiger partial charge in [-0.2, -0.15) is 13.2 Å². The molecule has 1 saturated heterocycles. The van der Waals surface area contributed by atoms with Gasteiger partial charge in [0.15, 0.2) is 0 Å². The van der Waals surface area contributed by atoms with E-state index >= 15 is 0 Å². The zero-order valence-corrected chi connectivity index (χ0v) is 8.46. The second-order valence-electron chi connectivity index (χ2n) is 3.94. The minimum Gasteiger partial charge on any atom is -0.392 e. The third-order valence-corrected chi connectivity index (χ3v) is 2.75. The topological polar surface area (TPSA) is 32.3 Å². The van der Waals surface area contributed by atoms with Crippen LogP contribution in [0.3, 0.4) is 0 Å². The smallest absolute Gasteiger partial charge is 0.392 e. The van der Waals surface area contributed by atoms with E-state index in [0.717, 1.165) is 6.07 Å². The first-order valence-electron chi connectivity index (χ1n) is 5.06. The highest BCUT2D eigenvalue weighted by atomic mass is 19.4. The summed E-state index contributed by atoms with van der Waals surface area (Å²) < 4.78 is 38.1. The Bertz CT molecular complexity index is 378. The van der Waals surface area contributed by atoms with E-state index in [1.807, 2.05) is 0 Å². The number of benzene rings is 1. The molecule has 1 heterocycles. The SMILES string of the molecule is O[C@H]1CN[C@H](c2ccccc2C(F)(F)F)C1. The Balaban J connectivity index is 2.34. The number of halogens is 3. The Labute approximate surface area is 91.1 Å². The summed E-state index contributed by atoms with van der Waals surface area (Å²) in [7, 11) is 0. The van der Waals surface area contributed by atoms with E-state index in [1.54, 1.807) is 6.07 Å². The molecular formula is C11H12F3NO. The van der Waals surface area contributed by atoms with Gasteiger partial charge in [0.05, 0.1) is 11.7 Å². The average Bonchev–Trinajstić information content (AvgIpc) is 2.64. The number of hydrogen-bond donors (Lipinski definition) is 2. The fraction of sp³-hybridized carbons (Fsp3) is 0.455. The molecule has 88 valence electrons. The Hall–Kier alpha value is -1.07. The number of rotatable bonds is 1. The van der Waals surface area contributed by atoms with Gasteiger partial charge in [-0.3, -0.25) is 0 Å². The summed E-state index contributed by atoms with van der Waals surface area (Å²) in [6.07, 6.45) is -4.58. The fourth-order valence-electron chi connectivity index (χ4n) is 2.01. The summed E-state index contributed by atoms with van der Waals surface area (Å²) in [6, 6.07) is 5.07. The van der Waals surface area contributed by atoms with Gasteiger partial charge in [-0.25, -0.2) is 0 Å². The predicted octanol–water partition coefficient (Wildman–Crippen LogP) is 2.10. The van der Waals surface area contributed by atoms with Crippen LogP contribution in [0, 0.1) is 0 Å². The van der Waals surface area contributed by atoms with Crippen LogP contribution in [-0.2, 0) is 6.18 Å². The van der Waals surface area contributed by atoms with Gasteiger partial charge in [0.1, 0.15) is 0 Å². The first-order chi connectivity index (χ1) is 7.48. The lowest BCUT2D eigenvalue weighted by Gasteiger charge is -2.17. The standard InChI is InChI=1S/C11H12F3NO/c12-11(13,14)9-4-2-1-3-8(9)10-5-7(16)6-15-10/h1-4,7,10,15-16H,5-6H2/t7-,10+/m1/s1. The molecule has 2 nitrogen and oxygen atoms in total. The van der Waals surface area contributed by atoms with E-state index in [9.17, 15) is 18.3 Å². The van der Waals surface area contributed by atoms with Crippen molar-refractivity contribution in [3.63, 3.8) is 0 Å². The van der Waals surface area contributed by atoms with Crippen molar-refractivity contribution >= 4 is 0 Å². The molecule has 2 N–H and O–H groups in total. The van der Waals surface area contributed by atoms with Gasteiger partial charge in [-0.1, -0.05) is 18.2 Å². The third kappa shape index (κ3) is 2.20. The molecule has 0 bridgehead atoms. The van der Waals surface area contributed by atoms with Gasteiger partial charge in [0.2, 0.25) is 0 Å². The summed E-state index contributed by atoms with van der Waals surface area (Å²) in [6.45, 7) is 0.344. The number of aliphatic hydroxyl groups excluding tert-OH is 1. The zero-order valence-electron chi connectivity index (χ0n) is 8.46. The van der Waals surface area contributed by atoms with Crippen molar-refractivity contribution in [2.24, 2.45) is 0 Å². The second kappa shape index (κ2) is 4.07. The molecule has 16 heavy (non-hydrogen) atoms. The van der Waals surface area contributed by atoms with E-state index < -0.39 is 23.9 Å². The summed E-state index contributed by atoms with van der Waals surface area (Å²) in [5.74, 6) is 0. The van der Waals surface area contributed by atoms with Crippen molar-refractivity contribution < 1.29 is 18.3 Å². The quantitative estimate of drug-likeness (QED) is 0.775. The van der Waals surface area contributed by atoms with Crippen LogP contribution in [0.4, 0.5) is 13.2 Å². The van der Waals surface area contributed by atoms with Gasteiger partial charge in [-0.05, 0) is 18.1 Å². The first-order valence-corrected chi connectivity index (χ1v) is 5.06. The maximum atomic E-state index is 12.7.